The van der Waals surface area contributed by atoms with E-state index >= 15 is 0 Å². The third kappa shape index (κ3) is 4.42. The molecule has 0 radical (unpaired) electrons. The maximum absolute atomic E-state index is 13.4. The number of carbonyl (C=O) groups excluding carboxylic acids is 2. The fourth-order valence-corrected chi connectivity index (χ4v) is 5.25. The molecule has 0 saturated carbocycles. The van der Waals surface area contributed by atoms with E-state index in [4.69, 9.17) is 0 Å². The van der Waals surface area contributed by atoms with Crippen molar-refractivity contribution in [3.63, 3.8) is 0 Å². The van der Waals surface area contributed by atoms with Crippen LogP contribution in [0.5, 0.6) is 0 Å². The number of hydrogen-bond donors (Lipinski definition) is 1. The predicted molar refractivity (Wildman–Crippen MR) is 123 cm³/mol. The average molecular weight is 437 g/mol. The Labute approximate surface area is 186 Å². The Morgan fingerprint density at radius 2 is 2.03 bits per heavy atom. The first-order chi connectivity index (χ1) is 15.0. The first-order valence-corrected chi connectivity index (χ1v) is 11.6. The summed E-state index contributed by atoms with van der Waals surface area (Å²) in [6.45, 7) is 3.54. The number of carbonyl (C=O) groups is 2. The van der Waals surface area contributed by atoms with Crippen molar-refractivity contribution in [2.24, 2.45) is 12.5 Å². The SMILES string of the molecule is CCNC(=O)C1(Cc2ccccc2-c2cccs2)CCCN(C(=O)c2ccn(C)n2)C1. The number of nitrogens with one attached hydrogen (secondary N) is 1. The van der Waals surface area contributed by atoms with Gasteiger partial charge in [0.1, 0.15) is 5.69 Å². The van der Waals surface area contributed by atoms with Gasteiger partial charge in [0.15, 0.2) is 0 Å². The number of aromatic nitrogens is 2. The minimum absolute atomic E-state index is 0.0227. The molecule has 1 saturated heterocycles. The van der Waals surface area contributed by atoms with Gasteiger partial charge in [0.25, 0.3) is 5.91 Å². The van der Waals surface area contributed by atoms with Crippen LogP contribution in [0.2, 0.25) is 0 Å². The molecule has 3 heterocycles. The van der Waals surface area contributed by atoms with Gasteiger partial charge in [-0.25, -0.2) is 0 Å². The van der Waals surface area contributed by atoms with Crippen molar-refractivity contribution >= 4 is 23.2 Å². The predicted octanol–water partition coefficient (Wildman–Crippen LogP) is 3.75. The zero-order valence-electron chi connectivity index (χ0n) is 18.0. The first kappa shape index (κ1) is 21.3. The van der Waals surface area contributed by atoms with Gasteiger partial charge < -0.3 is 10.2 Å². The number of rotatable bonds is 6. The lowest BCUT2D eigenvalue weighted by molar-refractivity contribution is -0.133. The second kappa shape index (κ2) is 9.06. The van der Waals surface area contributed by atoms with E-state index in [-0.39, 0.29) is 11.8 Å². The third-order valence-corrected chi connectivity index (χ3v) is 6.85. The molecule has 1 N–H and O–H groups in total. The molecule has 2 amide bonds. The fraction of sp³-hybridized carbons (Fsp3) is 0.375. The molecular weight excluding hydrogens is 408 g/mol. The highest BCUT2D eigenvalue weighted by Gasteiger charge is 2.44. The second-order valence-electron chi connectivity index (χ2n) is 8.16. The van der Waals surface area contributed by atoms with Gasteiger partial charge in [-0.1, -0.05) is 30.3 Å². The molecule has 1 unspecified atom stereocenters. The van der Waals surface area contributed by atoms with Crippen LogP contribution in [0.3, 0.4) is 0 Å². The third-order valence-electron chi connectivity index (χ3n) is 5.95. The standard InChI is InChI=1S/C24H28N4O2S/c1-3-25-23(30)24(16-18-8-4-5-9-19(18)21-10-6-15-31-21)12-7-13-28(17-24)22(29)20-11-14-27(2)26-20/h4-6,8-11,14-15H,3,7,12-13,16-17H2,1-2H3,(H,25,30). The Bertz CT molecular complexity index is 1060. The zero-order chi connectivity index (χ0) is 21.8. The van der Waals surface area contributed by atoms with Crippen LogP contribution in [0, 0.1) is 5.41 Å². The van der Waals surface area contributed by atoms with Crippen LogP contribution >= 0.6 is 11.3 Å². The number of thiophene rings is 1. The highest BCUT2D eigenvalue weighted by Crippen LogP contribution is 2.38. The lowest BCUT2D eigenvalue weighted by Gasteiger charge is -2.42. The van der Waals surface area contributed by atoms with Crippen LogP contribution in [-0.2, 0) is 18.3 Å². The molecular formula is C24H28N4O2S. The Morgan fingerprint density at radius 3 is 2.74 bits per heavy atom. The molecule has 2 aromatic heterocycles. The molecule has 0 bridgehead atoms. The van der Waals surface area contributed by atoms with Crippen molar-refractivity contribution in [3.8, 4) is 10.4 Å². The zero-order valence-corrected chi connectivity index (χ0v) is 18.8. The quantitative estimate of drug-likeness (QED) is 0.640. The molecule has 1 atom stereocenters. The smallest absolute Gasteiger partial charge is 0.274 e. The van der Waals surface area contributed by atoms with E-state index in [0.717, 1.165) is 24.0 Å². The molecule has 6 nitrogen and oxygen atoms in total. The van der Waals surface area contributed by atoms with Crippen molar-refractivity contribution in [3.05, 3.63) is 65.3 Å². The van der Waals surface area contributed by atoms with Crippen molar-refractivity contribution in [1.82, 2.24) is 20.0 Å². The average Bonchev–Trinajstić information content (AvgIpc) is 3.46. The first-order valence-electron chi connectivity index (χ1n) is 10.7. The molecule has 1 aliphatic rings. The monoisotopic (exact) mass is 436 g/mol. The Kier molecular flexibility index (Phi) is 6.23. The normalized spacial score (nSPS) is 18.7. The van der Waals surface area contributed by atoms with Crippen LogP contribution < -0.4 is 5.32 Å². The highest BCUT2D eigenvalue weighted by atomic mass is 32.1. The topological polar surface area (TPSA) is 67.2 Å². The van der Waals surface area contributed by atoms with Crippen LogP contribution in [-0.4, -0.2) is 46.1 Å². The van der Waals surface area contributed by atoms with Gasteiger partial charge in [-0.2, -0.15) is 5.10 Å². The van der Waals surface area contributed by atoms with E-state index in [1.165, 1.54) is 4.88 Å². The summed E-state index contributed by atoms with van der Waals surface area (Å²) in [7, 11) is 1.80. The lowest BCUT2D eigenvalue weighted by Crippen LogP contribution is -2.54. The fourth-order valence-electron chi connectivity index (χ4n) is 4.47. The molecule has 4 rings (SSSR count). The second-order valence-corrected chi connectivity index (χ2v) is 9.10. The molecule has 3 aromatic rings. The number of likely N-dealkylation sites (tertiary alicyclic amines) is 1. The van der Waals surface area contributed by atoms with Gasteiger partial charge in [-0.15, -0.1) is 11.3 Å². The van der Waals surface area contributed by atoms with Gasteiger partial charge in [0.05, 0.1) is 5.41 Å². The van der Waals surface area contributed by atoms with Crippen LogP contribution in [0.4, 0.5) is 0 Å². The van der Waals surface area contributed by atoms with Gasteiger partial charge in [0.2, 0.25) is 5.91 Å². The van der Waals surface area contributed by atoms with E-state index in [2.05, 4.69) is 34.0 Å². The summed E-state index contributed by atoms with van der Waals surface area (Å²) in [4.78, 5) is 29.5. The summed E-state index contributed by atoms with van der Waals surface area (Å²) < 4.78 is 1.63. The minimum atomic E-state index is -0.661. The van der Waals surface area contributed by atoms with Gasteiger partial charge in [0, 0.05) is 37.8 Å². The maximum atomic E-state index is 13.4. The molecule has 1 aromatic carbocycles. The summed E-state index contributed by atoms with van der Waals surface area (Å²) in [5.74, 6) is -0.0879. The molecule has 162 valence electrons. The molecule has 0 aliphatic carbocycles. The largest absolute Gasteiger partial charge is 0.356 e. The van der Waals surface area contributed by atoms with E-state index < -0.39 is 5.41 Å². The van der Waals surface area contributed by atoms with Crippen molar-refractivity contribution < 1.29 is 9.59 Å². The summed E-state index contributed by atoms with van der Waals surface area (Å²) in [6, 6.07) is 14.2. The molecule has 1 fully saturated rings. The maximum Gasteiger partial charge on any atom is 0.274 e. The van der Waals surface area contributed by atoms with Crippen LogP contribution in [0.25, 0.3) is 10.4 Å². The number of amides is 2. The summed E-state index contributed by atoms with van der Waals surface area (Å²) >= 11 is 1.70. The van der Waals surface area contributed by atoms with E-state index in [9.17, 15) is 9.59 Å². The van der Waals surface area contributed by atoms with Crippen LogP contribution in [0.15, 0.2) is 54.0 Å². The highest BCUT2D eigenvalue weighted by molar-refractivity contribution is 7.13. The lowest BCUT2D eigenvalue weighted by atomic mass is 9.73. The van der Waals surface area contributed by atoms with E-state index in [1.54, 1.807) is 40.2 Å². The summed E-state index contributed by atoms with van der Waals surface area (Å²) in [5.41, 5.74) is 2.07. The van der Waals surface area contributed by atoms with Crippen LogP contribution in [0.1, 0.15) is 35.8 Å². The van der Waals surface area contributed by atoms with Crippen molar-refractivity contribution in [2.75, 3.05) is 19.6 Å². The number of piperidine rings is 1. The summed E-state index contributed by atoms with van der Waals surface area (Å²) in [5, 5.41) is 9.38. The Hall–Kier alpha value is -2.93. The van der Waals surface area contributed by atoms with Crippen molar-refractivity contribution in [1.29, 1.82) is 0 Å². The molecule has 1 aliphatic heterocycles. The van der Waals surface area contributed by atoms with Gasteiger partial charge in [-0.3, -0.25) is 14.3 Å². The van der Waals surface area contributed by atoms with Gasteiger partial charge >= 0.3 is 0 Å². The molecule has 7 heteroatoms. The van der Waals surface area contributed by atoms with Gasteiger partial charge in [-0.05, 0) is 54.8 Å². The molecule has 0 spiro atoms. The minimum Gasteiger partial charge on any atom is -0.356 e. The Balaban J connectivity index is 1.67. The van der Waals surface area contributed by atoms with Crippen molar-refractivity contribution in [2.45, 2.75) is 26.2 Å². The molecule has 31 heavy (non-hydrogen) atoms. The number of nitrogens with zero attached hydrogens (tertiary/aromatic N) is 3. The van der Waals surface area contributed by atoms with E-state index in [1.807, 2.05) is 25.1 Å². The van der Waals surface area contributed by atoms with E-state index in [0.29, 0.717) is 31.7 Å². The number of aryl methyl sites for hydroxylation is 1. The number of benzene rings is 1. The summed E-state index contributed by atoms with van der Waals surface area (Å²) in [6.07, 6.45) is 3.91. The Morgan fingerprint density at radius 1 is 1.19 bits per heavy atom. The number of hydrogen-bond acceptors (Lipinski definition) is 4.